The lowest BCUT2D eigenvalue weighted by Gasteiger charge is -2.42. The minimum absolute atomic E-state index is 0.0254. The molecule has 0 saturated carbocycles. The van der Waals surface area contributed by atoms with Gasteiger partial charge in [0.25, 0.3) is 0 Å². The van der Waals surface area contributed by atoms with Gasteiger partial charge >= 0.3 is 5.97 Å². The molecule has 0 unspecified atom stereocenters. The highest BCUT2D eigenvalue weighted by Crippen LogP contribution is 2.56. The number of benzene rings is 1. The van der Waals surface area contributed by atoms with Gasteiger partial charge in [-0.05, 0) is 37.8 Å². The van der Waals surface area contributed by atoms with Crippen molar-refractivity contribution in [2.45, 2.75) is 32.1 Å². The maximum atomic E-state index is 13.4. The Labute approximate surface area is 206 Å². The fourth-order valence-corrected chi connectivity index (χ4v) is 6.15. The Morgan fingerprint density at radius 1 is 1.14 bits per heavy atom. The number of ketones is 2. The van der Waals surface area contributed by atoms with Gasteiger partial charge in [0.15, 0.2) is 11.6 Å². The number of hydrogen-bond donors (Lipinski definition) is 2. The zero-order valence-corrected chi connectivity index (χ0v) is 19.8. The van der Waals surface area contributed by atoms with Crippen molar-refractivity contribution in [1.29, 1.82) is 0 Å². The number of allylic oxidation sites excluding steroid dienone is 6. The third-order valence-electron chi connectivity index (χ3n) is 7.73. The van der Waals surface area contributed by atoms with E-state index >= 15 is 0 Å². The van der Waals surface area contributed by atoms with Crippen molar-refractivity contribution in [3.63, 3.8) is 0 Å². The van der Waals surface area contributed by atoms with Crippen molar-refractivity contribution in [1.82, 2.24) is 4.90 Å². The molecule has 1 aromatic rings. The molecule has 0 bridgehead atoms. The lowest BCUT2D eigenvalue weighted by molar-refractivity contribution is -0.142. The summed E-state index contributed by atoms with van der Waals surface area (Å²) in [4.78, 5) is 65.1. The Morgan fingerprint density at radius 2 is 1.89 bits per heavy atom. The molecule has 1 heterocycles. The Hall–Kier alpha value is -4.01. The molecule has 9 nitrogen and oxygen atoms in total. The van der Waals surface area contributed by atoms with Gasteiger partial charge in [0.1, 0.15) is 11.5 Å². The quantitative estimate of drug-likeness (QED) is 0.364. The number of rotatable bonds is 5. The topological polar surface area (TPSA) is 138 Å². The highest BCUT2D eigenvalue weighted by molar-refractivity contribution is 6.24. The van der Waals surface area contributed by atoms with Gasteiger partial charge in [0.05, 0.1) is 25.4 Å². The standard InChI is InChI=1S/C27H25NO8/c1-12-9-19(30)18-11-17-14(5-6-16-23(17)27(35)28(26(16)34)8-7-21(31)32)22(24(18)25(12)33)15-4-3-13(29)10-20(15)36-2/h3-5,9-10,16-17,22-23,29H,6-8,11H2,1-2H3,(H,31,32)/t16-,17+,22+,23-/m0/s1. The van der Waals surface area contributed by atoms with Gasteiger partial charge in [-0.1, -0.05) is 17.7 Å². The second-order valence-electron chi connectivity index (χ2n) is 9.63. The zero-order valence-electron chi connectivity index (χ0n) is 19.8. The number of carboxylic acid groups (broad SMARTS) is 1. The number of phenolic OH excluding ortho intramolecular Hbond substituents is 1. The van der Waals surface area contributed by atoms with E-state index in [1.54, 1.807) is 13.0 Å². The molecule has 186 valence electrons. The molecule has 1 aromatic carbocycles. The van der Waals surface area contributed by atoms with Gasteiger partial charge < -0.3 is 14.9 Å². The Morgan fingerprint density at radius 3 is 2.58 bits per heavy atom. The van der Waals surface area contributed by atoms with Crippen LogP contribution in [0.25, 0.3) is 0 Å². The van der Waals surface area contributed by atoms with E-state index in [0.29, 0.717) is 28.0 Å². The molecular formula is C27H25NO8. The van der Waals surface area contributed by atoms with E-state index < -0.39 is 41.5 Å². The number of Topliss-reactive ketones (excluding diaryl/α,β-unsaturated/α-hetero) is 1. The van der Waals surface area contributed by atoms with Gasteiger partial charge in [-0.25, -0.2) is 0 Å². The molecule has 3 aliphatic carbocycles. The lowest BCUT2D eigenvalue weighted by Crippen LogP contribution is -2.40. The van der Waals surface area contributed by atoms with Crippen molar-refractivity contribution in [3.8, 4) is 11.5 Å². The highest BCUT2D eigenvalue weighted by Gasteiger charge is 2.56. The molecular weight excluding hydrogens is 466 g/mol. The third kappa shape index (κ3) is 3.49. The van der Waals surface area contributed by atoms with E-state index in [1.165, 1.54) is 25.3 Å². The average Bonchev–Trinajstić information content (AvgIpc) is 3.09. The van der Waals surface area contributed by atoms with Crippen molar-refractivity contribution in [2.75, 3.05) is 13.7 Å². The summed E-state index contributed by atoms with van der Waals surface area (Å²) in [6.07, 6.45) is 3.24. The molecule has 4 aliphatic rings. The Balaban J connectivity index is 1.65. The minimum atomic E-state index is -1.11. The number of aromatic hydroxyl groups is 1. The first kappa shape index (κ1) is 23.7. The summed E-state index contributed by atoms with van der Waals surface area (Å²) in [6, 6.07) is 4.55. The molecule has 9 heteroatoms. The monoisotopic (exact) mass is 491 g/mol. The number of nitrogens with zero attached hydrogens (tertiary/aromatic N) is 1. The summed E-state index contributed by atoms with van der Waals surface area (Å²) in [5.41, 5.74) is 2.31. The fourth-order valence-electron chi connectivity index (χ4n) is 6.15. The summed E-state index contributed by atoms with van der Waals surface area (Å²) in [5, 5.41) is 19.1. The predicted octanol–water partition coefficient (Wildman–Crippen LogP) is 2.31. The van der Waals surface area contributed by atoms with Crippen LogP contribution in [-0.2, 0) is 24.0 Å². The number of phenols is 1. The second kappa shape index (κ2) is 8.58. The number of fused-ring (bicyclic) bond motifs is 3. The van der Waals surface area contributed by atoms with Crippen molar-refractivity contribution in [2.24, 2.45) is 17.8 Å². The van der Waals surface area contributed by atoms with Gasteiger partial charge in [0, 0.05) is 40.8 Å². The van der Waals surface area contributed by atoms with Crippen LogP contribution in [0.15, 0.2) is 52.6 Å². The molecule has 1 fully saturated rings. The van der Waals surface area contributed by atoms with E-state index in [4.69, 9.17) is 9.84 Å². The summed E-state index contributed by atoms with van der Waals surface area (Å²) in [7, 11) is 1.44. The normalized spacial score (nSPS) is 27.3. The number of carboxylic acids is 1. The smallest absolute Gasteiger partial charge is 0.305 e. The number of carbonyl (C=O) groups is 5. The highest BCUT2D eigenvalue weighted by atomic mass is 16.5. The van der Waals surface area contributed by atoms with Crippen LogP contribution in [0.2, 0.25) is 0 Å². The van der Waals surface area contributed by atoms with Crippen LogP contribution in [0.3, 0.4) is 0 Å². The van der Waals surface area contributed by atoms with Gasteiger partial charge in [-0.3, -0.25) is 28.9 Å². The second-order valence-corrected chi connectivity index (χ2v) is 9.63. The molecule has 1 saturated heterocycles. The molecule has 36 heavy (non-hydrogen) atoms. The first-order valence-corrected chi connectivity index (χ1v) is 11.8. The first-order chi connectivity index (χ1) is 17.1. The number of methoxy groups -OCH3 is 1. The molecule has 0 aromatic heterocycles. The maximum Gasteiger partial charge on any atom is 0.305 e. The Kier molecular flexibility index (Phi) is 5.65. The molecule has 0 spiro atoms. The number of likely N-dealkylation sites (tertiary alicyclic amines) is 1. The van der Waals surface area contributed by atoms with E-state index in [-0.39, 0.29) is 43.1 Å². The zero-order chi connectivity index (χ0) is 25.9. The lowest BCUT2D eigenvalue weighted by atomic mass is 9.59. The Bertz CT molecular complexity index is 1330. The van der Waals surface area contributed by atoms with Crippen LogP contribution in [0.1, 0.15) is 37.7 Å². The molecule has 2 amide bonds. The average molecular weight is 491 g/mol. The van der Waals surface area contributed by atoms with E-state index in [0.717, 1.165) is 10.5 Å². The van der Waals surface area contributed by atoms with Crippen molar-refractivity contribution in [3.05, 3.63) is 58.2 Å². The minimum Gasteiger partial charge on any atom is -0.508 e. The van der Waals surface area contributed by atoms with Gasteiger partial charge in [0.2, 0.25) is 11.8 Å². The number of carbonyl (C=O) groups excluding carboxylic acids is 4. The number of imide groups is 1. The summed E-state index contributed by atoms with van der Waals surface area (Å²) in [5.74, 6) is -4.80. The summed E-state index contributed by atoms with van der Waals surface area (Å²) < 4.78 is 5.52. The molecule has 1 aliphatic heterocycles. The van der Waals surface area contributed by atoms with Crippen LogP contribution < -0.4 is 4.74 Å². The van der Waals surface area contributed by atoms with Crippen LogP contribution in [-0.4, -0.2) is 58.1 Å². The van der Waals surface area contributed by atoms with Crippen LogP contribution in [0, 0.1) is 17.8 Å². The third-order valence-corrected chi connectivity index (χ3v) is 7.73. The number of ether oxygens (including phenoxy) is 1. The van der Waals surface area contributed by atoms with E-state index in [1.807, 2.05) is 6.08 Å². The van der Waals surface area contributed by atoms with Crippen LogP contribution in [0.5, 0.6) is 11.5 Å². The van der Waals surface area contributed by atoms with Crippen LogP contribution in [0.4, 0.5) is 0 Å². The predicted molar refractivity (Wildman–Crippen MR) is 125 cm³/mol. The first-order valence-electron chi connectivity index (χ1n) is 11.8. The summed E-state index contributed by atoms with van der Waals surface area (Å²) >= 11 is 0. The SMILES string of the molecule is COc1cc(O)ccc1[C@H]1C2=CC[C@@H]3C(=O)N(CCC(=O)O)C(=O)[C@@H]3[C@@H]2CC2=C1C(=O)C(C)=CC2=O. The van der Waals surface area contributed by atoms with Gasteiger partial charge in [-0.2, -0.15) is 0 Å². The van der Waals surface area contributed by atoms with Crippen LogP contribution >= 0.6 is 0 Å². The van der Waals surface area contributed by atoms with E-state index in [9.17, 15) is 29.1 Å². The summed E-state index contributed by atoms with van der Waals surface area (Å²) in [6.45, 7) is 1.39. The maximum absolute atomic E-state index is 13.4. The van der Waals surface area contributed by atoms with Crippen molar-refractivity contribution >= 4 is 29.4 Å². The van der Waals surface area contributed by atoms with Crippen molar-refractivity contribution < 1.29 is 38.9 Å². The number of aliphatic carboxylic acids is 1. The molecule has 0 radical (unpaired) electrons. The number of amides is 2. The molecule has 5 rings (SSSR count). The van der Waals surface area contributed by atoms with Gasteiger partial charge in [-0.15, -0.1) is 0 Å². The largest absolute Gasteiger partial charge is 0.508 e. The fraction of sp³-hybridized carbons (Fsp3) is 0.370. The van der Waals surface area contributed by atoms with E-state index in [2.05, 4.69) is 0 Å². The number of hydrogen-bond acceptors (Lipinski definition) is 7. The molecule has 4 atom stereocenters. The molecule has 2 N–H and O–H groups in total.